The molecule has 0 aromatic heterocycles. The van der Waals surface area contributed by atoms with E-state index in [1.54, 1.807) is 19.2 Å². The molecule has 0 bridgehead atoms. The largest absolute Gasteiger partial charge is 0.383 e. The van der Waals surface area contributed by atoms with Gasteiger partial charge in [-0.05, 0) is 31.0 Å². The highest BCUT2D eigenvalue weighted by Crippen LogP contribution is 2.05. The van der Waals surface area contributed by atoms with Gasteiger partial charge in [-0.15, -0.1) is 0 Å². The number of ether oxygens (including phenoxy) is 1. The molecule has 1 unspecified atom stereocenters. The van der Waals surface area contributed by atoms with Gasteiger partial charge in [-0.3, -0.25) is 5.43 Å². The van der Waals surface area contributed by atoms with Gasteiger partial charge in [0.25, 0.3) is 0 Å². The lowest BCUT2D eigenvalue weighted by Gasteiger charge is -2.16. The summed E-state index contributed by atoms with van der Waals surface area (Å²) in [5.74, 6) is 5.68. The number of nitrogens with two attached hydrogens (primary N) is 1. The summed E-state index contributed by atoms with van der Waals surface area (Å²) in [6, 6.07) is 6.58. The van der Waals surface area contributed by atoms with Crippen LogP contribution in [-0.2, 0) is 11.2 Å². The van der Waals surface area contributed by atoms with Crippen LogP contribution in [0.1, 0.15) is 12.5 Å². The number of guanidine groups is 1. The van der Waals surface area contributed by atoms with Crippen LogP contribution in [0.3, 0.4) is 0 Å². The van der Waals surface area contributed by atoms with Crippen LogP contribution in [0.2, 0.25) is 0 Å². The van der Waals surface area contributed by atoms with Crippen molar-refractivity contribution >= 4 is 5.96 Å². The van der Waals surface area contributed by atoms with Crippen LogP contribution in [0, 0.1) is 5.82 Å². The van der Waals surface area contributed by atoms with Crippen LogP contribution in [-0.4, -0.2) is 32.3 Å². The van der Waals surface area contributed by atoms with Crippen LogP contribution in [0.25, 0.3) is 0 Å². The van der Waals surface area contributed by atoms with Crippen molar-refractivity contribution in [3.05, 3.63) is 35.6 Å². The van der Waals surface area contributed by atoms with Gasteiger partial charge in [-0.2, -0.15) is 0 Å². The molecule has 1 aromatic carbocycles. The Balaban J connectivity index is 2.46. The molecular weight excluding hydrogens is 247 g/mol. The summed E-state index contributed by atoms with van der Waals surface area (Å²) in [5.41, 5.74) is 3.56. The van der Waals surface area contributed by atoms with Crippen LogP contribution in [0.15, 0.2) is 29.3 Å². The molecule has 106 valence electrons. The van der Waals surface area contributed by atoms with E-state index in [9.17, 15) is 4.39 Å². The molecular formula is C13H21FN4O. The number of hydrogen-bond acceptors (Lipinski definition) is 3. The number of halogens is 1. The third-order valence-electron chi connectivity index (χ3n) is 2.54. The second-order valence-corrected chi connectivity index (χ2v) is 4.24. The van der Waals surface area contributed by atoms with Crippen molar-refractivity contribution in [2.75, 3.05) is 20.3 Å². The molecule has 0 saturated carbocycles. The van der Waals surface area contributed by atoms with Gasteiger partial charge in [0, 0.05) is 13.2 Å². The second kappa shape index (κ2) is 8.44. The highest BCUT2D eigenvalue weighted by Gasteiger charge is 2.05. The number of methoxy groups -OCH3 is 1. The first-order valence-electron chi connectivity index (χ1n) is 6.16. The lowest BCUT2D eigenvalue weighted by atomic mass is 10.1. The van der Waals surface area contributed by atoms with Crippen molar-refractivity contribution in [3.8, 4) is 0 Å². The number of nitrogens with zero attached hydrogens (tertiary/aromatic N) is 1. The Morgan fingerprint density at radius 2 is 2.11 bits per heavy atom. The number of hydrazine groups is 1. The van der Waals surface area contributed by atoms with Crippen molar-refractivity contribution in [2.24, 2.45) is 10.8 Å². The quantitative estimate of drug-likeness (QED) is 0.235. The zero-order valence-corrected chi connectivity index (χ0v) is 11.3. The van der Waals surface area contributed by atoms with Crippen molar-refractivity contribution in [3.63, 3.8) is 0 Å². The smallest absolute Gasteiger partial charge is 0.206 e. The summed E-state index contributed by atoms with van der Waals surface area (Å²) >= 11 is 0. The van der Waals surface area contributed by atoms with Gasteiger partial charge in [0.15, 0.2) is 0 Å². The van der Waals surface area contributed by atoms with Crippen molar-refractivity contribution in [1.82, 2.24) is 10.7 Å². The molecule has 0 fully saturated rings. The summed E-state index contributed by atoms with van der Waals surface area (Å²) in [7, 11) is 1.62. The molecule has 5 nitrogen and oxygen atoms in total. The first kappa shape index (κ1) is 15.4. The van der Waals surface area contributed by atoms with E-state index in [4.69, 9.17) is 10.6 Å². The molecule has 0 spiro atoms. The molecule has 4 N–H and O–H groups in total. The van der Waals surface area contributed by atoms with E-state index in [-0.39, 0.29) is 11.9 Å². The monoisotopic (exact) mass is 268 g/mol. The van der Waals surface area contributed by atoms with Gasteiger partial charge in [0.2, 0.25) is 5.96 Å². The summed E-state index contributed by atoms with van der Waals surface area (Å²) < 4.78 is 17.7. The van der Waals surface area contributed by atoms with Gasteiger partial charge in [-0.25, -0.2) is 15.2 Å². The number of rotatable bonds is 6. The Kier molecular flexibility index (Phi) is 6.84. The molecule has 0 aliphatic rings. The fourth-order valence-electron chi connectivity index (χ4n) is 1.64. The molecule has 1 atom stereocenters. The highest BCUT2D eigenvalue weighted by molar-refractivity contribution is 5.79. The molecule has 1 rings (SSSR count). The molecule has 0 aliphatic heterocycles. The average Bonchev–Trinajstić information content (AvgIpc) is 2.40. The minimum atomic E-state index is -0.227. The van der Waals surface area contributed by atoms with Crippen LogP contribution >= 0.6 is 0 Å². The molecule has 1 aromatic rings. The maximum Gasteiger partial charge on any atom is 0.206 e. The van der Waals surface area contributed by atoms with E-state index in [0.717, 1.165) is 12.0 Å². The molecule has 0 radical (unpaired) electrons. The number of aliphatic imine (C=N–C) groups is 1. The van der Waals surface area contributed by atoms with Crippen molar-refractivity contribution in [2.45, 2.75) is 19.4 Å². The first-order valence-corrected chi connectivity index (χ1v) is 6.16. The average molecular weight is 268 g/mol. The van der Waals surface area contributed by atoms with E-state index in [1.807, 2.05) is 6.92 Å². The summed E-state index contributed by atoms with van der Waals surface area (Å²) in [6.45, 7) is 3.08. The van der Waals surface area contributed by atoms with Gasteiger partial charge in [0.05, 0.1) is 13.2 Å². The highest BCUT2D eigenvalue weighted by atomic mass is 19.1. The third kappa shape index (κ3) is 6.17. The van der Waals surface area contributed by atoms with Crippen LogP contribution in [0.4, 0.5) is 4.39 Å². The Labute approximate surface area is 113 Å². The summed E-state index contributed by atoms with van der Waals surface area (Å²) in [6.07, 6.45) is 0.755. The zero-order chi connectivity index (χ0) is 14.1. The topological polar surface area (TPSA) is 71.7 Å². The van der Waals surface area contributed by atoms with Crippen LogP contribution < -0.4 is 16.6 Å². The third-order valence-corrected chi connectivity index (χ3v) is 2.54. The maximum absolute atomic E-state index is 12.8. The molecule has 0 amide bonds. The molecule has 0 saturated heterocycles. The van der Waals surface area contributed by atoms with Crippen molar-refractivity contribution in [1.29, 1.82) is 0 Å². The Hall–Kier alpha value is -1.66. The van der Waals surface area contributed by atoms with E-state index in [2.05, 4.69) is 15.7 Å². The second-order valence-electron chi connectivity index (χ2n) is 4.24. The van der Waals surface area contributed by atoms with Gasteiger partial charge < -0.3 is 10.1 Å². The standard InChI is InChI=1S/C13H21FN4O/c1-10(9-11-3-5-12(14)6-4-11)17-13(18-15)16-7-8-19-2/h3-6,10H,7-9,15H2,1-2H3,(H2,16,17,18). The number of hydrogen-bond donors (Lipinski definition) is 3. The minimum absolute atomic E-state index is 0.128. The Morgan fingerprint density at radius 1 is 1.42 bits per heavy atom. The van der Waals surface area contributed by atoms with Crippen LogP contribution in [0.5, 0.6) is 0 Å². The van der Waals surface area contributed by atoms with Gasteiger partial charge >= 0.3 is 0 Å². The predicted octanol–water partition coefficient (Wildman–Crippen LogP) is 0.812. The number of nitrogens with one attached hydrogen (secondary N) is 2. The molecule has 0 aliphatic carbocycles. The van der Waals surface area contributed by atoms with Crippen molar-refractivity contribution < 1.29 is 9.13 Å². The molecule has 6 heteroatoms. The lowest BCUT2D eigenvalue weighted by Crippen LogP contribution is -2.46. The van der Waals surface area contributed by atoms with Gasteiger partial charge in [-0.1, -0.05) is 12.1 Å². The van der Waals surface area contributed by atoms with Gasteiger partial charge in [0.1, 0.15) is 5.82 Å². The zero-order valence-electron chi connectivity index (χ0n) is 11.3. The summed E-state index contributed by atoms with van der Waals surface area (Å²) in [5, 5.41) is 3.15. The first-order chi connectivity index (χ1) is 9.15. The van der Waals surface area contributed by atoms with E-state index >= 15 is 0 Å². The van der Waals surface area contributed by atoms with E-state index in [0.29, 0.717) is 19.1 Å². The predicted molar refractivity (Wildman–Crippen MR) is 74.2 cm³/mol. The van der Waals surface area contributed by atoms with E-state index < -0.39 is 0 Å². The fraction of sp³-hybridized carbons (Fsp3) is 0.462. The maximum atomic E-state index is 12.8. The lowest BCUT2D eigenvalue weighted by molar-refractivity contribution is 0.208. The molecule has 19 heavy (non-hydrogen) atoms. The summed E-state index contributed by atoms with van der Waals surface area (Å²) in [4.78, 5) is 4.21. The SMILES string of the molecule is COCCN=C(NN)NC(C)Cc1ccc(F)cc1. The normalized spacial score (nSPS) is 13.2. The van der Waals surface area contributed by atoms with E-state index in [1.165, 1.54) is 12.1 Å². The Morgan fingerprint density at radius 3 is 2.68 bits per heavy atom. The fourth-order valence-corrected chi connectivity index (χ4v) is 1.64. The molecule has 0 heterocycles. The number of benzene rings is 1. The minimum Gasteiger partial charge on any atom is -0.383 e. The Bertz CT molecular complexity index is 394.